The van der Waals surface area contributed by atoms with E-state index < -0.39 is 10.0 Å². The Bertz CT molecular complexity index is 983. The van der Waals surface area contributed by atoms with Crippen LogP contribution in [0.5, 0.6) is 0 Å². The highest BCUT2D eigenvalue weighted by atomic mass is 35.5. The van der Waals surface area contributed by atoms with Gasteiger partial charge in [-0.05, 0) is 61.0 Å². The van der Waals surface area contributed by atoms with Crippen LogP contribution in [0.1, 0.15) is 11.1 Å². The summed E-state index contributed by atoms with van der Waals surface area (Å²) in [5.74, 6) is 0. The first-order valence-corrected chi connectivity index (χ1v) is 9.87. The van der Waals surface area contributed by atoms with E-state index >= 15 is 0 Å². The van der Waals surface area contributed by atoms with Gasteiger partial charge in [0.2, 0.25) is 0 Å². The number of aryl methyl sites for hydroxylation is 1. The lowest BCUT2D eigenvalue weighted by Gasteiger charge is -2.25. The molecule has 6 heteroatoms. The summed E-state index contributed by atoms with van der Waals surface area (Å²) in [5, 5.41) is 0.550. The van der Waals surface area contributed by atoms with E-state index in [9.17, 15) is 8.42 Å². The fourth-order valence-electron chi connectivity index (χ4n) is 2.55. The lowest BCUT2D eigenvalue weighted by atomic mass is 10.1. The van der Waals surface area contributed by atoms with Gasteiger partial charge in [-0.3, -0.25) is 4.31 Å². The van der Waals surface area contributed by atoms with Gasteiger partial charge in [-0.15, -0.1) is 0 Å². The molecule has 0 aromatic heterocycles. The van der Waals surface area contributed by atoms with Gasteiger partial charge in [0.25, 0.3) is 10.0 Å². The second-order valence-electron chi connectivity index (χ2n) is 6.04. The molecule has 0 saturated carbocycles. The minimum Gasteiger partial charge on any atom is -0.399 e. The molecule has 0 heterocycles. The van der Waals surface area contributed by atoms with Gasteiger partial charge in [-0.2, -0.15) is 0 Å². The highest BCUT2D eigenvalue weighted by Crippen LogP contribution is 2.27. The smallest absolute Gasteiger partial charge is 0.264 e. The van der Waals surface area contributed by atoms with Crippen molar-refractivity contribution in [2.75, 3.05) is 10.0 Å². The molecule has 4 nitrogen and oxygen atoms in total. The van der Waals surface area contributed by atoms with E-state index in [0.29, 0.717) is 16.4 Å². The number of nitrogens with zero attached hydrogens (tertiary/aromatic N) is 1. The molecule has 0 radical (unpaired) electrons. The molecule has 26 heavy (non-hydrogen) atoms. The largest absolute Gasteiger partial charge is 0.399 e. The summed E-state index contributed by atoms with van der Waals surface area (Å²) >= 11 is 5.96. The van der Waals surface area contributed by atoms with Crippen molar-refractivity contribution in [1.82, 2.24) is 0 Å². The number of sulfonamides is 1. The van der Waals surface area contributed by atoms with Crippen LogP contribution in [-0.4, -0.2) is 8.42 Å². The van der Waals surface area contributed by atoms with Gasteiger partial charge < -0.3 is 5.73 Å². The maximum Gasteiger partial charge on any atom is 0.264 e. The molecule has 0 amide bonds. The molecular weight excluding hydrogens is 368 g/mol. The van der Waals surface area contributed by atoms with E-state index in [-0.39, 0.29) is 11.4 Å². The van der Waals surface area contributed by atoms with Crippen molar-refractivity contribution in [2.24, 2.45) is 0 Å². The van der Waals surface area contributed by atoms with Crippen molar-refractivity contribution in [2.45, 2.75) is 18.4 Å². The zero-order valence-corrected chi connectivity index (χ0v) is 15.8. The highest BCUT2D eigenvalue weighted by molar-refractivity contribution is 7.92. The lowest BCUT2D eigenvalue weighted by Crippen LogP contribution is -2.30. The summed E-state index contributed by atoms with van der Waals surface area (Å²) in [5.41, 5.74) is 8.76. The van der Waals surface area contributed by atoms with Crippen LogP contribution in [0, 0.1) is 6.92 Å². The first kappa shape index (κ1) is 18.3. The van der Waals surface area contributed by atoms with Crippen molar-refractivity contribution in [3.8, 4) is 0 Å². The van der Waals surface area contributed by atoms with E-state index in [4.69, 9.17) is 17.3 Å². The minimum atomic E-state index is -3.76. The van der Waals surface area contributed by atoms with Gasteiger partial charge in [0, 0.05) is 10.7 Å². The number of hydrogen-bond donors (Lipinski definition) is 1. The van der Waals surface area contributed by atoms with E-state index in [2.05, 4.69) is 0 Å². The normalized spacial score (nSPS) is 11.3. The molecule has 0 saturated heterocycles. The predicted molar refractivity (Wildman–Crippen MR) is 107 cm³/mol. The van der Waals surface area contributed by atoms with Crippen LogP contribution in [0.3, 0.4) is 0 Å². The molecule has 0 bridgehead atoms. The molecular formula is C20H19ClN2O2S. The maximum atomic E-state index is 13.3. The first-order valence-electron chi connectivity index (χ1n) is 8.06. The number of rotatable bonds is 5. The molecule has 0 fully saturated rings. The number of nitrogens with two attached hydrogens (primary N) is 1. The zero-order valence-electron chi connectivity index (χ0n) is 14.3. The average Bonchev–Trinajstić information content (AvgIpc) is 2.62. The van der Waals surface area contributed by atoms with Crippen LogP contribution in [0.4, 0.5) is 11.4 Å². The molecule has 3 aromatic rings. The third-order valence-electron chi connectivity index (χ3n) is 4.03. The molecule has 3 aromatic carbocycles. The zero-order chi connectivity index (χ0) is 18.7. The van der Waals surface area contributed by atoms with Gasteiger partial charge in [0.1, 0.15) is 0 Å². The number of halogens is 1. The Morgan fingerprint density at radius 3 is 2.04 bits per heavy atom. The molecule has 3 rings (SSSR count). The summed E-state index contributed by atoms with van der Waals surface area (Å²) in [7, 11) is -3.76. The molecule has 0 aliphatic carbocycles. The monoisotopic (exact) mass is 386 g/mol. The molecule has 0 spiro atoms. The first-order chi connectivity index (χ1) is 12.4. The van der Waals surface area contributed by atoms with Gasteiger partial charge in [-0.1, -0.05) is 41.4 Å². The van der Waals surface area contributed by atoms with Gasteiger partial charge >= 0.3 is 0 Å². The third kappa shape index (κ3) is 4.00. The fraction of sp³-hybridized carbons (Fsp3) is 0.100. The van der Waals surface area contributed by atoms with E-state index in [1.54, 1.807) is 36.4 Å². The van der Waals surface area contributed by atoms with Crippen molar-refractivity contribution >= 4 is 33.0 Å². The van der Waals surface area contributed by atoms with E-state index in [0.717, 1.165) is 11.1 Å². The average molecular weight is 387 g/mol. The maximum absolute atomic E-state index is 13.3. The second kappa shape index (κ2) is 7.40. The number of benzene rings is 3. The predicted octanol–water partition coefficient (Wildman–Crippen LogP) is 4.63. The third-order valence-corrected chi connectivity index (χ3v) is 6.07. The van der Waals surface area contributed by atoms with Crippen LogP contribution in [0.15, 0.2) is 77.7 Å². The Morgan fingerprint density at radius 1 is 0.885 bits per heavy atom. The summed E-state index contributed by atoms with van der Waals surface area (Å²) in [6, 6.07) is 20.7. The molecule has 134 valence electrons. The van der Waals surface area contributed by atoms with Gasteiger partial charge in [0.05, 0.1) is 17.1 Å². The number of hydrogen-bond acceptors (Lipinski definition) is 3. The number of nitrogen functional groups attached to an aromatic ring is 1. The Hall–Kier alpha value is -2.50. The van der Waals surface area contributed by atoms with Crippen molar-refractivity contribution in [1.29, 1.82) is 0 Å². The molecule has 0 aliphatic heterocycles. The quantitative estimate of drug-likeness (QED) is 0.650. The molecule has 0 atom stereocenters. The Labute approximate surface area is 158 Å². The van der Waals surface area contributed by atoms with Crippen LogP contribution in [-0.2, 0) is 16.6 Å². The molecule has 0 aliphatic rings. The highest BCUT2D eigenvalue weighted by Gasteiger charge is 2.25. The van der Waals surface area contributed by atoms with E-state index in [1.807, 2.05) is 31.2 Å². The SMILES string of the molecule is Cc1ccc(CN(c2ccc(Cl)cc2)S(=O)(=O)c2ccc(N)cc2)cc1. The topological polar surface area (TPSA) is 63.4 Å². The van der Waals surface area contributed by atoms with Gasteiger partial charge in [-0.25, -0.2) is 8.42 Å². The van der Waals surface area contributed by atoms with Crippen LogP contribution in [0.2, 0.25) is 5.02 Å². The summed E-state index contributed by atoms with van der Waals surface area (Å²) in [6.07, 6.45) is 0. The Morgan fingerprint density at radius 2 is 1.46 bits per heavy atom. The Kier molecular flexibility index (Phi) is 5.20. The Balaban J connectivity index is 2.05. The second-order valence-corrected chi connectivity index (χ2v) is 8.34. The minimum absolute atomic E-state index is 0.189. The standard InChI is InChI=1S/C20H19ClN2O2S/c1-15-2-4-16(5-3-15)14-23(19-10-6-17(21)7-11-19)26(24,25)20-12-8-18(22)9-13-20/h2-13H,14,22H2,1H3. The summed E-state index contributed by atoms with van der Waals surface area (Å²) in [4.78, 5) is 0.189. The van der Waals surface area contributed by atoms with Crippen LogP contribution < -0.4 is 10.0 Å². The summed E-state index contributed by atoms with van der Waals surface area (Å²) in [6.45, 7) is 2.21. The van der Waals surface area contributed by atoms with Crippen LogP contribution in [0.25, 0.3) is 0 Å². The summed E-state index contributed by atoms with van der Waals surface area (Å²) < 4.78 is 27.9. The fourth-order valence-corrected chi connectivity index (χ4v) is 4.13. The lowest BCUT2D eigenvalue weighted by molar-refractivity contribution is 0.590. The van der Waals surface area contributed by atoms with Crippen molar-refractivity contribution < 1.29 is 8.42 Å². The van der Waals surface area contributed by atoms with Gasteiger partial charge in [0.15, 0.2) is 0 Å². The van der Waals surface area contributed by atoms with Crippen LogP contribution >= 0.6 is 11.6 Å². The van der Waals surface area contributed by atoms with E-state index in [1.165, 1.54) is 16.4 Å². The number of anilines is 2. The van der Waals surface area contributed by atoms with Crippen molar-refractivity contribution in [3.05, 3.63) is 88.9 Å². The van der Waals surface area contributed by atoms with Crippen molar-refractivity contribution in [3.63, 3.8) is 0 Å². The molecule has 2 N–H and O–H groups in total. The molecule has 0 unspecified atom stereocenters.